The molecule has 0 heterocycles. The van der Waals surface area contributed by atoms with E-state index in [0.717, 1.165) is 5.56 Å². The third-order valence-electron chi connectivity index (χ3n) is 1.50. The van der Waals surface area contributed by atoms with Crippen molar-refractivity contribution in [2.45, 2.75) is 5.25 Å². The lowest BCUT2D eigenvalue weighted by atomic mass is 10.1. The van der Waals surface area contributed by atoms with Crippen molar-refractivity contribution in [1.82, 2.24) is 0 Å². The molecule has 1 rings (SSSR count). The molecule has 0 radical (unpaired) electrons. The molecule has 0 bridgehead atoms. The summed E-state index contributed by atoms with van der Waals surface area (Å²) >= 11 is 16.0. The Balaban J connectivity index is 3.12. The fraction of sp³-hybridized carbons (Fsp3) is 0.111. The Labute approximate surface area is 87.6 Å². The summed E-state index contributed by atoms with van der Waals surface area (Å²) in [5.41, 5.74) is 0.891. The zero-order chi connectivity index (χ0) is 9.14. The lowest BCUT2D eigenvalue weighted by molar-refractivity contribution is 1.25. The SMILES string of the molecule is C=CC(S)c1cc(Cl)ccc1Cl. The normalized spacial score (nSPS) is 12.6. The minimum Gasteiger partial charge on any atom is -0.167 e. The first-order valence-corrected chi connectivity index (χ1v) is 4.68. The van der Waals surface area contributed by atoms with Crippen molar-refractivity contribution in [1.29, 1.82) is 0 Å². The molecule has 0 nitrogen and oxygen atoms in total. The van der Waals surface area contributed by atoms with Crippen molar-refractivity contribution in [3.63, 3.8) is 0 Å². The van der Waals surface area contributed by atoms with Gasteiger partial charge < -0.3 is 0 Å². The van der Waals surface area contributed by atoms with Gasteiger partial charge in [-0.25, -0.2) is 0 Å². The molecular weight excluding hydrogens is 211 g/mol. The predicted octanol–water partition coefficient (Wildman–Crippen LogP) is 4.15. The minimum atomic E-state index is -0.0591. The average Bonchev–Trinajstić information content (AvgIpc) is 2.08. The van der Waals surface area contributed by atoms with Gasteiger partial charge in [0, 0.05) is 15.3 Å². The van der Waals surface area contributed by atoms with Crippen molar-refractivity contribution in [2.24, 2.45) is 0 Å². The van der Waals surface area contributed by atoms with Crippen LogP contribution in [0.5, 0.6) is 0 Å². The maximum Gasteiger partial charge on any atom is 0.0459 e. The van der Waals surface area contributed by atoms with Crippen molar-refractivity contribution < 1.29 is 0 Å². The van der Waals surface area contributed by atoms with E-state index in [1.54, 1.807) is 24.3 Å². The van der Waals surface area contributed by atoms with E-state index in [0.29, 0.717) is 10.0 Å². The van der Waals surface area contributed by atoms with Crippen molar-refractivity contribution >= 4 is 35.8 Å². The van der Waals surface area contributed by atoms with Crippen LogP contribution in [0.15, 0.2) is 30.9 Å². The van der Waals surface area contributed by atoms with Crippen LogP contribution >= 0.6 is 35.8 Å². The molecule has 3 heteroatoms. The molecule has 0 aliphatic rings. The number of rotatable bonds is 2. The lowest BCUT2D eigenvalue weighted by Gasteiger charge is -2.07. The van der Waals surface area contributed by atoms with Gasteiger partial charge in [0.25, 0.3) is 0 Å². The van der Waals surface area contributed by atoms with Crippen LogP contribution in [0.1, 0.15) is 10.8 Å². The highest BCUT2D eigenvalue weighted by Gasteiger charge is 2.06. The van der Waals surface area contributed by atoms with Crippen LogP contribution in [0.2, 0.25) is 10.0 Å². The third kappa shape index (κ3) is 2.19. The van der Waals surface area contributed by atoms with E-state index >= 15 is 0 Å². The van der Waals surface area contributed by atoms with E-state index in [4.69, 9.17) is 23.2 Å². The van der Waals surface area contributed by atoms with Crippen LogP contribution in [-0.4, -0.2) is 0 Å². The van der Waals surface area contributed by atoms with Crippen LogP contribution in [0.25, 0.3) is 0 Å². The Morgan fingerprint density at radius 2 is 2.08 bits per heavy atom. The standard InChI is InChI=1S/C9H8Cl2S/c1-2-9(12)7-5-6(10)3-4-8(7)11/h2-5,9,12H,1H2. The van der Waals surface area contributed by atoms with Gasteiger partial charge in [-0.05, 0) is 23.8 Å². The van der Waals surface area contributed by atoms with E-state index in [9.17, 15) is 0 Å². The highest BCUT2D eigenvalue weighted by Crippen LogP contribution is 2.30. The topological polar surface area (TPSA) is 0 Å². The summed E-state index contributed by atoms with van der Waals surface area (Å²) in [6, 6.07) is 5.30. The molecule has 12 heavy (non-hydrogen) atoms. The van der Waals surface area contributed by atoms with Crippen molar-refractivity contribution in [3.05, 3.63) is 46.5 Å². The van der Waals surface area contributed by atoms with Gasteiger partial charge >= 0.3 is 0 Å². The molecule has 0 aliphatic heterocycles. The molecular formula is C9H8Cl2S. The summed E-state index contributed by atoms with van der Waals surface area (Å²) in [4.78, 5) is 0. The van der Waals surface area contributed by atoms with Gasteiger partial charge in [0.15, 0.2) is 0 Å². The first-order valence-electron chi connectivity index (χ1n) is 3.40. The van der Waals surface area contributed by atoms with Gasteiger partial charge in [0.2, 0.25) is 0 Å². The Bertz CT molecular complexity index is 297. The van der Waals surface area contributed by atoms with E-state index in [2.05, 4.69) is 19.2 Å². The lowest BCUT2D eigenvalue weighted by Crippen LogP contribution is -1.86. The first-order chi connectivity index (χ1) is 5.65. The molecule has 0 aliphatic carbocycles. The largest absolute Gasteiger partial charge is 0.167 e. The van der Waals surface area contributed by atoms with Crippen molar-refractivity contribution in [2.75, 3.05) is 0 Å². The summed E-state index contributed by atoms with van der Waals surface area (Å²) in [7, 11) is 0. The van der Waals surface area contributed by atoms with E-state index in [1.165, 1.54) is 0 Å². The van der Waals surface area contributed by atoms with Crippen LogP contribution in [0.3, 0.4) is 0 Å². The van der Waals surface area contributed by atoms with Gasteiger partial charge in [-0.1, -0.05) is 29.3 Å². The highest BCUT2D eigenvalue weighted by atomic mass is 35.5. The number of hydrogen-bond donors (Lipinski definition) is 1. The van der Waals surface area contributed by atoms with E-state index in [1.807, 2.05) is 0 Å². The van der Waals surface area contributed by atoms with Gasteiger partial charge in [0.05, 0.1) is 0 Å². The molecule has 1 aromatic carbocycles. The van der Waals surface area contributed by atoms with E-state index < -0.39 is 0 Å². The average molecular weight is 219 g/mol. The van der Waals surface area contributed by atoms with Crippen LogP contribution < -0.4 is 0 Å². The molecule has 1 unspecified atom stereocenters. The Hall–Kier alpha value is -0.110. The van der Waals surface area contributed by atoms with Crippen molar-refractivity contribution in [3.8, 4) is 0 Å². The molecule has 0 N–H and O–H groups in total. The molecule has 0 amide bonds. The maximum absolute atomic E-state index is 5.91. The molecule has 1 atom stereocenters. The monoisotopic (exact) mass is 218 g/mol. The summed E-state index contributed by atoms with van der Waals surface area (Å²) in [5.74, 6) is 0. The highest BCUT2D eigenvalue weighted by molar-refractivity contribution is 7.80. The second-order valence-electron chi connectivity index (χ2n) is 2.35. The van der Waals surface area contributed by atoms with Gasteiger partial charge in [-0.3, -0.25) is 0 Å². The molecule has 1 aromatic rings. The molecule has 0 aromatic heterocycles. The molecule has 0 saturated heterocycles. The predicted molar refractivity (Wildman–Crippen MR) is 58.4 cm³/mol. The summed E-state index contributed by atoms with van der Waals surface area (Å²) in [6.07, 6.45) is 1.71. The number of benzene rings is 1. The van der Waals surface area contributed by atoms with Crippen LogP contribution in [0.4, 0.5) is 0 Å². The Morgan fingerprint density at radius 1 is 1.42 bits per heavy atom. The minimum absolute atomic E-state index is 0.0591. The van der Waals surface area contributed by atoms with Crippen LogP contribution in [-0.2, 0) is 0 Å². The van der Waals surface area contributed by atoms with Gasteiger partial charge in [-0.2, -0.15) is 12.6 Å². The maximum atomic E-state index is 5.91. The fourth-order valence-corrected chi connectivity index (χ4v) is 1.57. The summed E-state index contributed by atoms with van der Waals surface area (Å²) in [5, 5.41) is 1.27. The second kappa shape index (κ2) is 4.22. The summed E-state index contributed by atoms with van der Waals surface area (Å²) < 4.78 is 0. The Morgan fingerprint density at radius 3 is 2.67 bits per heavy atom. The number of halogens is 2. The Kier molecular flexibility index (Phi) is 3.51. The zero-order valence-electron chi connectivity index (χ0n) is 6.30. The van der Waals surface area contributed by atoms with E-state index in [-0.39, 0.29) is 5.25 Å². The van der Waals surface area contributed by atoms with Crippen LogP contribution in [0, 0.1) is 0 Å². The third-order valence-corrected chi connectivity index (χ3v) is 2.57. The quantitative estimate of drug-likeness (QED) is 0.560. The van der Waals surface area contributed by atoms with Gasteiger partial charge in [0.1, 0.15) is 0 Å². The van der Waals surface area contributed by atoms with Gasteiger partial charge in [-0.15, -0.1) is 6.58 Å². The smallest absolute Gasteiger partial charge is 0.0459 e. The fourth-order valence-electron chi connectivity index (χ4n) is 0.868. The second-order valence-corrected chi connectivity index (χ2v) is 3.75. The number of thiol groups is 1. The molecule has 0 saturated carbocycles. The summed E-state index contributed by atoms with van der Waals surface area (Å²) in [6.45, 7) is 3.63. The zero-order valence-corrected chi connectivity index (χ0v) is 8.70. The molecule has 64 valence electrons. The molecule has 0 fully saturated rings. The number of hydrogen-bond acceptors (Lipinski definition) is 1. The molecule has 0 spiro atoms. The first kappa shape index (κ1) is 9.97.